The molecule has 0 fully saturated rings. The highest BCUT2D eigenvalue weighted by Crippen LogP contribution is 2.09. The SMILES string of the molecule is CCN(CCNC)CCC1=CC=CCC=C1. The quantitative estimate of drug-likeness (QED) is 0.708. The van der Waals surface area contributed by atoms with E-state index in [1.807, 2.05) is 7.05 Å². The zero-order valence-corrected chi connectivity index (χ0v) is 10.6. The molecule has 0 heterocycles. The lowest BCUT2D eigenvalue weighted by molar-refractivity contribution is 0.294. The Morgan fingerprint density at radius 2 is 2.19 bits per heavy atom. The maximum atomic E-state index is 3.20. The minimum atomic E-state index is 1.07. The summed E-state index contributed by atoms with van der Waals surface area (Å²) in [6.45, 7) is 6.73. The van der Waals surface area contributed by atoms with Crippen LogP contribution in [-0.2, 0) is 0 Å². The Labute approximate surface area is 99.7 Å². The fourth-order valence-electron chi connectivity index (χ4n) is 1.78. The zero-order chi connectivity index (χ0) is 11.6. The van der Waals surface area contributed by atoms with Gasteiger partial charge in [0.2, 0.25) is 0 Å². The second-order valence-corrected chi connectivity index (χ2v) is 4.10. The molecule has 0 aromatic rings. The predicted molar refractivity (Wildman–Crippen MR) is 71.6 cm³/mol. The van der Waals surface area contributed by atoms with Gasteiger partial charge >= 0.3 is 0 Å². The van der Waals surface area contributed by atoms with Crippen molar-refractivity contribution in [2.24, 2.45) is 0 Å². The van der Waals surface area contributed by atoms with Crippen LogP contribution in [0.25, 0.3) is 0 Å². The van der Waals surface area contributed by atoms with Gasteiger partial charge in [-0.2, -0.15) is 0 Å². The van der Waals surface area contributed by atoms with Gasteiger partial charge in [-0.1, -0.05) is 37.3 Å². The van der Waals surface area contributed by atoms with Gasteiger partial charge in [-0.05, 0) is 32.0 Å². The van der Waals surface area contributed by atoms with Crippen molar-refractivity contribution < 1.29 is 0 Å². The van der Waals surface area contributed by atoms with Crippen LogP contribution in [0.2, 0.25) is 0 Å². The molecule has 0 amide bonds. The third-order valence-electron chi connectivity index (χ3n) is 2.89. The highest BCUT2D eigenvalue weighted by molar-refractivity contribution is 5.27. The minimum absolute atomic E-state index is 1.07. The first kappa shape index (κ1) is 13.2. The third kappa shape index (κ3) is 5.29. The normalized spacial score (nSPS) is 15.3. The standard InChI is InChI=1S/C14H24N2/c1-3-16(13-11-15-2)12-10-14-8-6-4-5-7-9-14/h4,6-9,15H,3,5,10-13H2,1-2H3. The van der Waals surface area contributed by atoms with E-state index < -0.39 is 0 Å². The number of nitrogens with one attached hydrogen (secondary N) is 1. The molecular weight excluding hydrogens is 196 g/mol. The molecule has 0 aliphatic heterocycles. The molecule has 90 valence electrons. The summed E-state index contributed by atoms with van der Waals surface area (Å²) in [5.74, 6) is 0. The Kier molecular flexibility index (Phi) is 6.86. The maximum Gasteiger partial charge on any atom is 0.0107 e. The number of hydrogen-bond acceptors (Lipinski definition) is 2. The van der Waals surface area contributed by atoms with Crippen LogP contribution in [0.15, 0.2) is 36.0 Å². The number of nitrogens with zero attached hydrogens (tertiary/aromatic N) is 1. The van der Waals surface area contributed by atoms with Gasteiger partial charge in [0, 0.05) is 19.6 Å². The highest BCUT2D eigenvalue weighted by Gasteiger charge is 2.02. The molecule has 0 saturated heterocycles. The number of hydrogen-bond donors (Lipinski definition) is 1. The van der Waals surface area contributed by atoms with Gasteiger partial charge in [-0.15, -0.1) is 0 Å². The van der Waals surface area contributed by atoms with Crippen molar-refractivity contribution in [3.63, 3.8) is 0 Å². The van der Waals surface area contributed by atoms with Crippen molar-refractivity contribution >= 4 is 0 Å². The Bertz CT molecular complexity index is 264. The van der Waals surface area contributed by atoms with Crippen LogP contribution in [0.5, 0.6) is 0 Å². The van der Waals surface area contributed by atoms with Gasteiger partial charge in [0.05, 0.1) is 0 Å². The van der Waals surface area contributed by atoms with Crippen molar-refractivity contribution in [3.8, 4) is 0 Å². The van der Waals surface area contributed by atoms with E-state index in [1.165, 1.54) is 5.57 Å². The second kappa shape index (κ2) is 8.31. The first-order valence-electron chi connectivity index (χ1n) is 6.26. The lowest BCUT2D eigenvalue weighted by Gasteiger charge is -2.20. The number of allylic oxidation sites excluding steroid dienone is 5. The van der Waals surface area contributed by atoms with E-state index in [1.54, 1.807) is 0 Å². The molecule has 2 heteroatoms. The van der Waals surface area contributed by atoms with Crippen molar-refractivity contribution in [3.05, 3.63) is 36.0 Å². The molecule has 2 nitrogen and oxygen atoms in total. The fourth-order valence-corrected chi connectivity index (χ4v) is 1.78. The lowest BCUT2D eigenvalue weighted by Crippen LogP contribution is -2.31. The summed E-state index contributed by atoms with van der Waals surface area (Å²) in [5, 5.41) is 3.20. The van der Waals surface area contributed by atoms with Gasteiger partial charge in [0.25, 0.3) is 0 Å². The van der Waals surface area contributed by atoms with E-state index in [0.717, 1.165) is 39.0 Å². The Morgan fingerprint density at radius 3 is 2.94 bits per heavy atom. The zero-order valence-electron chi connectivity index (χ0n) is 10.6. The maximum absolute atomic E-state index is 3.20. The smallest absolute Gasteiger partial charge is 0.0107 e. The lowest BCUT2D eigenvalue weighted by atomic mass is 10.1. The molecule has 0 bridgehead atoms. The van der Waals surface area contributed by atoms with Crippen LogP contribution in [0, 0.1) is 0 Å². The largest absolute Gasteiger partial charge is 0.318 e. The van der Waals surface area contributed by atoms with Crippen molar-refractivity contribution in [2.45, 2.75) is 19.8 Å². The second-order valence-electron chi connectivity index (χ2n) is 4.10. The average Bonchev–Trinajstić information content (AvgIpc) is 2.58. The van der Waals surface area contributed by atoms with E-state index in [2.05, 4.69) is 47.5 Å². The topological polar surface area (TPSA) is 15.3 Å². The van der Waals surface area contributed by atoms with Crippen LogP contribution >= 0.6 is 0 Å². The molecule has 0 aromatic heterocycles. The van der Waals surface area contributed by atoms with Crippen LogP contribution in [0.1, 0.15) is 19.8 Å². The Hall–Kier alpha value is -0.860. The van der Waals surface area contributed by atoms with Gasteiger partial charge < -0.3 is 10.2 Å². The van der Waals surface area contributed by atoms with E-state index in [-0.39, 0.29) is 0 Å². The molecule has 0 aromatic carbocycles. The van der Waals surface area contributed by atoms with Crippen LogP contribution in [-0.4, -0.2) is 38.1 Å². The molecule has 0 atom stereocenters. The first-order valence-corrected chi connectivity index (χ1v) is 6.26. The average molecular weight is 220 g/mol. The first-order chi connectivity index (χ1) is 7.86. The molecule has 1 aliphatic rings. The van der Waals surface area contributed by atoms with Crippen LogP contribution < -0.4 is 5.32 Å². The fraction of sp³-hybridized carbons (Fsp3) is 0.571. The highest BCUT2D eigenvalue weighted by atomic mass is 15.1. The van der Waals surface area contributed by atoms with Crippen LogP contribution in [0.3, 0.4) is 0 Å². The summed E-state index contributed by atoms with van der Waals surface area (Å²) in [5.41, 5.74) is 1.44. The summed E-state index contributed by atoms with van der Waals surface area (Å²) in [7, 11) is 2.01. The summed E-state index contributed by atoms with van der Waals surface area (Å²) in [4.78, 5) is 2.49. The number of rotatable bonds is 7. The molecule has 0 spiro atoms. The summed E-state index contributed by atoms with van der Waals surface area (Å²) < 4.78 is 0. The van der Waals surface area contributed by atoms with Gasteiger partial charge in [0.1, 0.15) is 0 Å². The molecule has 16 heavy (non-hydrogen) atoms. The van der Waals surface area contributed by atoms with E-state index in [9.17, 15) is 0 Å². The molecule has 0 saturated carbocycles. The Morgan fingerprint density at radius 1 is 1.31 bits per heavy atom. The third-order valence-corrected chi connectivity index (χ3v) is 2.89. The summed E-state index contributed by atoms with van der Waals surface area (Å²) >= 11 is 0. The van der Waals surface area contributed by atoms with E-state index >= 15 is 0 Å². The van der Waals surface area contributed by atoms with Crippen molar-refractivity contribution in [1.29, 1.82) is 0 Å². The van der Waals surface area contributed by atoms with E-state index in [4.69, 9.17) is 0 Å². The van der Waals surface area contributed by atoms with Gasteiger partial charge in [-0.3, -0.25) is 0 Å². The molecule has 1 rings (SSSR count). The molecule has 1 N–H and O–H groups in total. The molecule has 1 aliphatic carbocycles. The van der Waals surface area contributed by atoms with E-state index in [0.29, 0.717) is 0 Å². The summed E-state index contributed by atoms with van der Waals surface area (Å²) in [6.07, 6.45) is 13.3. The Balaban J connectivity index is 2.30. The minimum Gasteiger partial charge on any atom is -0.318 e. The molecule has 0 radical (unpaired) electrons. The van der Waals surface area contributed by atoms with Crippen LogP contribution in [0.4, 0.5) is 0 Å². The summed E-state index contributed by atoms with van der Waals surface area (Å²) in [6, 6.07) is 0. The van der Waals surface area contributed by atoms with Gasteiger partial charge in [0.15, 0.2) is 0 Å². The monoisotopic (exact) mass is 220 g/mol. The predicted octanol–water partition coefficient (Wildman–Crippen LogP) is 2.36. The molecule has 0 unspecified atom stereocenters. The number of likely N-dealkylation sites (N-methyl/N-ethyl adjacent to an activating group) is 2. The van der Waals surface area contributed by atoms with Crippen molar-refractivity contribution in [2.75, 3.05) is 33.2 Å². The van der Waals surface area contributed by atoms with Gasteiger partial charge in [-0.25, -0.2) is 0 Å². The van der Waals surface area contributed by atoms with Crippen molar-refractivity contribution in [1.82, 2.24) is 10.2 Å². The molecular formula is C14H24N2.